The Morgan fingerprint density at radius 1 is 1.35 bits per heavy atom. The Hall–Kier alpha value is -2.08. The molecule has 1 amide bonds. The van der Waals surface area contributed by atoms with Gasteiger partial charge in [0.05, 0.1) is 32.0 Å². The summed E-state index contributed by atoms with van der Waals surface area (Å²) in [7, 11) is 3.28. The molecular weight excluding hydrogens is 312 g/mol. The zero-order valence-corrected chi connectivity index (χ0v) is 14.4. The molecule has 1 fully saturated rings. The molecule has 122 valence electrons. The maximum absolute atomic E-state index is 12.9. The Balaban J connectivity index is 1.89. The van der Waals surface area contributed by atoms with E-state index in [1.165, 1.54) is 11.3 Å². The molecule has 0 atom stereocenters. The highest BCUT2D eigenvalue weighted by molar-refractivity contribution is 7.11. The van der Waals surface area contributed by atoms with Crippen molar-refractivity contribution in [2.45, 2.75) is 32.4 Å². The monoisotopic (exact) mass is 332 g/mol. The van der Waals surface area contributed by atoms with E-state index in [1.807, 2.05) is 30.0 Å². The third kappa shape index (κ3) is 3.32. The average Bonchev–Trinajstić information content (AvgIpc) is 3.32. The van der Waals surface area contributed by atoms with E-state index in [2.05, 4.69) is 4.98 Å². The van der Waals surface area contributed by atoms with Crippen LogP contribution in [0.25, 0.3) is 0 Å². The second-order valence-electron chi connectivity index (χ2n) is 5.61. The van der Waals surface area contributed by atoms with Crippen LogP contribution in [0.5, 0.6) is 11.5 Å². The summed E-state index contributed by atoms with van der Waals surface area (Å²) in [4.78, 5) is 19.7. The van der Waals surface area contributed by atoms with E-state index in [-0.39, 0.29) is 5.91 Å². The normalized spacial score (nSPS) is 13.7. The summed E-state index contributed by atoms with van der Waals surface area (Å²) in [6, 6.07) is 5.97. The van der Waals surface area contributed by atoms with Crippen molar-refractivity contribution in [1.29, 1.82) is 0 Å². The van der Waals surface area contributed by atoms with Crippen LogP contribution in [0, 0.1) is 6.92 Å². The van der Waals surface area contributed by atoms with Gasteiger partial charge in [-0.2, -0.15) is 0 Å². The lowest BCUT2D eigenvalue weighted by molar-refractivity contribution is 0.0732. The van der Waals surface area contributed by atoms with Gasteiger partial charge in [-0.1, -0.05) is 0 Å². The summed E-state index contributed by atoms with van der Waals surface area (Å²) in [5.74, 6) is 1.58. The van der Waals surface area contributed by atoms with Crippen molar-refractivity contribution in [2.75, 3.05) is 14.2 Å². The SMILES string of the molecule is COc1ccc(OC)c(CN(C(=O)c2scnc2C)C2CC2)c1. The first-order chi connectivity index (χ1) is 11.1. The number of hydrogen-bond acceptors (Lipinski definition) is 5. The van der Waals surface area contributed by atoms with Crippen molar-refractivity contribution in [3.05, 3.63) is 39.8 Å². The lowest BCUT2D eigenvalue weighted by Crippen LogP contribution is -2.32. The molecule has 0 aliphatic heterocycles. The first kappa shape index (κ1) is 15.8. The van der Waals surface area contributed by atoms with E-state index in [4.69, 9.17) is 9.47 Å². The van der Waals surface area contributed by atoms with E-state index < -0.39 is 0 Å². The zero-order chi connectivity index (χ0) is 16.4. The Labute approximate surface area is 139 Å². The molecule has 1 aromatic heterocycles. The molecule has 0 unspecified atom stereocenters. The lowest BCUT2D eigenvalue weighted by atomic mass is 10.1. The third-order valence-corrected chi connectivity index (χ3v) is 4.93. The van der Waals surface area contributed by atoms with Gasteiger partial charge < -0.3 is 14.4 Å². The van der Waals surface area contributed by atoms with Gasteiger partial charge in [-0.15, -0.1) is 11.3 Å². The number of aryl methyl sites for hydroxylation is 1. The third-order valence-electron chi connectivity index (χ3n) is 4.02. The number of methoxy groups -OCH3 is 2. The summed E-state index contributed by atoms with van der Waals surface area (Å²) < 4.78 is 10.7. The first-order valence-corrected chi connectivity index (χ1v) is 8.44. The van der Waals surface area contributed by atoms with Crippen LogP contribution in [0.2, 0.25) is 0 Å². The maximum Gasteiger partial charge on any atom is 0.266 e. The highest BCUT2D eigenvalue weighted by atomic mass is 32.1. The molecule has 1 aliphatic rings. The van der Waals surface area contributed by atoms with Gasteiger partial charge in [0, 0.05) is 11.6 Å². The Morgan fingerprint density at radius 3 is 2.70 bits per heavy atom. The molecule has 6 heteroatoms. The van der Waals surface area contributed by atoms with Crippen molar-refractivity contribution < 1.29 is 14.3 Å². The minimum atomic E-state index is 0.0531. The fraction of sp³-hybridized carbons (Fsp3) is 0.412. The second-order valence-corrected chi connectivity index (χ2v) is 6.46. The van der Waals surface area contributed by atoms with Gasteiger partial charge in [0.15, 0.2) is 0 Å². The predicted octanol–water partition coefficient (Wildman–Crippen LogP) is 3.27. The molecule has 0 radical (unpaired) electrons. The van der Waals surface area contributed by atoms with Gasteiger partial charge in [-0.3, -0.25) is 4.79 Å². The summed E-state index contributed by atoms with van der Waals surface area (Å²) in [5.41, 5.74) is 3.47. The molecule has 1 aliphatic carbocycles. The van der Waals surface area contributed by atoms with Crippen LogP contribution in [0.4, 0.5) is 0 Å². The zero-order valence-electron chi connectivity index (χ0n) is 13.5. The number of ether oxygens (including phenoxy) is 2. The van der Waals surface area contributed by atoms with E-state index in [1.54, 1.807) is 19.7 Å². The van der Waals surface area contributed by atoms with Gasteiger partial charge >= 0.3 is 0 Å². The lowest BCUT2D eigenvalue weighted by Gasteiger charge is -2.23. The standard InChI is InChI=1S/C17H20N2O3S/c1-11-16(23-10-18-11)17(20)19(13-4-5-13)9-12-8-14(21-2)6-7-15(12)22-3/h6-8,10,13H,4-5,9H2,1-3H3. The molecule has 0 saturated heterocycles. The molecule has 0 N–H and O–H groups in total. The van der Waals surface area contributed by atoms with Crippen LogP contribution in [-0.2, 0) is 6.54 Å². The molecule has 5 nitrogen and oxygen atoms in total. The Morgan fingerprint density at radius 2 is 2.13 bits per heavy atom. The number of aromatic nitrogens is 1. The van der Waals surface area contributed by atoms with Gasteiger partial charge in [-0.25, -0.2) is 4.98 Å². The molecule has 0 bridgehead atoms. The fourth-order valence-electron chi connectivity index (χ4n) is 2.58. The first-order valence-electron chi connectivity index (χ1n) is 7.56. The molecular formula is C17H20N2O3S. The van der Waals surface area contributed by atoms with Crippen LogP contribution in [0.3, 0.4) is 0 Å². The second kappa shape index (κ2) is 6.58. The number of benzene rings is 1. The molecule has 1 heterocycles. The number of thiazole rings is 1. The molecule has 1 aromatic carbocycles. The topological polar surface area (TPSA) is 51.7 Å². The highest BCUT2D eigenvalue weighted by Gasteiger charge is 2.34. The number of amides is 1. The van der Waals surface area contributed by atoms with Crippen molar-refractivity contribution >= 4 is 17.2 Å². The maximum atomic E-state index is 12.9. The van der Waals surface area contributed by atoms with Crippen LogP contribution in [0.1, 0.15) is 33.8 Å². The van der Waals surface area contributed by atoms with E-state index >= 15 is 0 Å². The van der Waals surface area contributed by atoms with Gasteiger partial charge in [-0.05, 0) is 38.0 Å². The quantitative estimate of drug-likeness (QED) is 0.815. The van der Waals surface area contributed by atoms with Crippen molar-refractivity contribution in [3.8, 4) is 11.5 Å². The smallest absolute Gasteiger partial charge is 0.266 e. The Kier molecular flexibility index (Phi) is 4.52. The van der Waals surface area contributed by atoms with Gasteiger partial charge in [0.1, 0.15) is 16.4 Å². The van der Waals surface area contributed by atoms with E-state index in [0.717, 1.165) is 40.5 Å². The molecule has 23 heavy (non-hydrogen) atoms. The van der Waals surface area contributed by atoms with Crippen molar-refractivity contribution in [3.63, 3.8) is 0 Å². The van der Waals surface area contributed by atoms with Gasteiger partial charge in [0.25, 0.3) is 5.91 Å². The number of carbonyl (C=O) groups excluding carboxylic acids is 1. The van der Waals surface area contributed by atoms with Crippen LogP contribution < -0.4 is 9.47 Å². The summed E-state index contributed by atoms with van der Waals surface area (Å²) in [6.07, 6.45) is 2.10. The fourth-order valence-corrected chi connectivity index (χ4v) is 3.34. The number of nitrogens with zero attached hydrogens (tertiary/aromatic N) is 2. The van der Waals surface area contributed by atoms with Crippen LogP contribution in [0.15, 0.2) is 23.7 Å². The van der Waals surface area contributed by atoms with Crippen molar-refractivity contribution in [2.24, 2.45) is 0 Å². The average molecular weight is 332 g/mol. The minimum absolute atomic E-state index is 0.0531. The number of carbonyl (C=O) groups is 1. The summed E-state index contributed by atoms with van der Waals surface area (Å²) in [6.45, 7) is 2.39. The summed E-state index contributed by atoms with van der Waals surface area (Å²) >= 11 is 1.40. The highest BCUT2D eigenvalue weighted by Crippen LogP contribution is 2.33. The molecule has 1 saturated carbocycles. The molecule has 2 aromatic rings. The number of hydrogen-bond donors (Lipinski definition) is 0. The van der Waals surface area contributed by atoms with E-state index in [9.17, 15) is 4.79 Å². The van der Waals surface area contributed by atoms with Crippen molar-refractivity contribution in [1.82, 2.24) is 9.88 Å². The summed E-state index contributed by atoms with van der Waals surface area (Å²) in [5, 5.41) is 0. The molecule has 0 spiro atoms. The minimum Gasteiger partial charge on any atom is -0.497 e. The van der Waals surface area contributed by atoms with Gasteiger partial charge in [0.2, 0.25) is 0 Å². The predicted molar refractivity (Wildman–Crippen MR) is 89.3 cm³/mol. The number of rotatable bonds is 6. The van der Waals surface area contributed by atoms with Crippen LogP contribution >= 0.6 is 11.3 Å². The molecule has 3 rings (SSSR count). The largest absolute Gasteiger partial charge is 0.497 e. The van der Waals surface area contributed by atoms with E-state index in [0.29, 0.717) is 12.6 Å². The Bertz CT molecular complexity index is 710. The van der Waals surface area contributed by atoms with Crippen LogP contribution in [-0.4, -0.2) is 36.1 Å².